The molecule has 0 aliphatic carbocycles. The minimum absolute atomic E-state index is 0.250. The maximum Gasteiger partial charge on any atom is 0.269 e. The number of rotatable bonds is 3. The van der Waals surface area contributed by atoms with Gasteiger partial charge in [0.15, 0.2) is 5.43 Å². The van der Waals surface area contributed by atoms with E-state index < -0.39 is 15.9 Å². The Hall–Kier alpha value is -3.10. The quantitative estimate of drug-likeness (QED) is 0.547. The van der Waals surface area contributed by atoms with E-state index in [1.54, 1.807) is 54.5 Å². The Morgan fingerprint density at radius 3 is 2.52 bits per heavy atom. The van der Waals surface area contributed by atoms with Gasteiger partial charge in [-0.1, -0.05) is 18.2 Å². The molecule has 8 heteroatoms. The van der Waals surface area contributed by atoms with Gasteiger partial charge in [-0.05, 0) is 29.1 Å². The molecule has 0 saturated carbocycles. The van der Waals surface area contributed by atoms with Gasteiger partial charge in [0.1, 0.15) is 5.75 Å². The van der Waals surface area contributed by atoms with Crippen molar-refractivity contribution in [2.45, 2.75) is 5.75 Å². The lowest BCUT2D eigenvalue weighted by molar-refractivity contribution is 0.482. The average Bonchev–Trinajstić information content (AvgIpc) is 2.99. The molecule has 0 aliphatic heterocycles. The molecule has 2 heterocycles. The van der Waals surface area contributed by atoms with Gasteiger partial charge in [0, 0.05) is 41.3 Å². The summed E-state index contributed by atoms with van der Waals surface area (Å²) in [6, 6.07) is 10.0. The Kier molecular flexibility index (Phi) is 4.01. The number of pyridine rings is 1. The number of nitrogens with zero attached hydrogens (tertiary/aromatic N) is 3. The Balaban J connectivity index is 1.99. The molecule has 0 radical (unpaired) electrons. The summed E-state index contributed by atoms with van der Waals surface area (Å²) in [6.45, 7) is 0. The standard InChI is InChI=1S/C19H15N3O4S/c1-22-10-15(9-21-22)14-7-17-18(20-8-14)5-4-13-3-2-12(11-27(24,25)26)6-16(13)19(17)23/h2-10H,11H2,1H3,(H,24,25,26). The van der Waals surface area contributed by atoms with Gasteiger partial charge in [0.05, 0.1) is 11.7 Å². The molecule has 0 unspecified atom stereocenters. The predicted octanol–water partition coefficient (Wildman–Crippen LogP) is 2.54. The summed E-state index contributed by atoms with van der Waals surface area (Å²) in [6.07, 6.45) is 5.21. The molecule has 0 amide bonds. The van der Waals surface area contributed by atoms with Crippen LogP contribution in [-0.2, 0) is 22.9 Å². The van der Waals surface area contributed by atoms with Crippen LogP contribution in [0.3, 0.4) is 0 Å². The second-order valence-corrected chi connectivity index (χ2v) is 7.82. The number of hydrogen-bond acceptors (Lipinski definition) is 5. The SMILES string of the molecule is Cn1cc(-c2cnc3ccc4ccc(CS(=O)(=O)O)cc4c(=O)c3c2)cn1. The van der Waals surface area contributed by atoms with Crippen LogP contribution in [0.25, 0.3) is 32.8 Å². The Morgan fingerprint density at radius 1 is 1.04 bits per heavy atom. The van der Waals surface area contributed by atoms with Crippen molar-refractivity contribution in [2.75, 3.05) is 0 Å². The third kappa shape index (κ3) is 3.44. The summed E-state index contributed by atoms with van der Waals surface area (Å²) in [5.41, 5.74) is 2.24. The zero-order valence-electron chi connectivity index (χ0n) is 14.3. The number of benzene rings is 1. The molecule has 0 saturated heterocycles. The molecule has 0 spiro atoms. The summed E-state index contributed by atoms with van der Waals surface area (Å²) in [7, 11) is -2.38. The molecular weight excluding hydrogens is 366 g/mol. The molecule has 2 aromatic heterocycles. The highest BCUT2D eigenvalue weighted by molar-refractivity contribution is 7.85. The molecule has 0 aliphatic rings. The summed E-state index contributed by atoms with van der Waals surface area (Å²) in [4.78, 5) is 17.5. The van der Waals surface area contributed by atoms with Crippen molar-refractivity contribution < 1.29 is 13.0 Å². The lowest BCUT2D eigenvalue weighted by atomic mass is 10.1. The van der Waals surface area contributed by atoms with Gasteiger partial charge in [0.2, 0.25) is 0 Å². The van der Waals surface area contributed by atoms with Crippen LogP contribution in [0.5, 0.6) is 0 Å². The van der Waals surface area contributed by atoms with Crippen LogP contribution < -0.4 is 5.43 Å². The summed E-state index contributed by atoms with van der Waals surface area (Å²) in [5.74, 6) is -0.544. The highest BCUT2D eigenvalue weighted by Gasteiger charge is 2.10. The van der Waals surface area contributed by atoms with Crippen molar-refractivity contribution in [3.05, 3.63) is 70.8 Å². The molecular formula is C19H15N3O4S. The fraction of sp³-hybridized carbons (Fsp3) is 0.105. The number of aromatic nitrogens is 3. The Morgan fingerprint density at radius 2 is 1.81 bits per heavy atom. The van der Waals surface area contributed by atoms with E-state index in [-0.39, 0.29) is 5.43 Å². The second-order valence-electron chi connectivity index (χ2n) is 6.37. The normalized spacial score (nSPS) is 11.9. The van der Waals surface area contributed by atoms with Crippen molar-refractivity contribution >= 4 is 31.8 Å². The maximum atomic E-state index is 13.1. The first-order valence-electron chi connectivity index (χ1n) is 8.10. The summed E-state index contributed by atoms with van der Waals surface area (Å²) < 4.78 is 33.1. The lowest BCUT2D eigenvalue weighted by Crippen LogP contribution is -2.04. The van der Waals surface area contributed by atoms with Crippen molar-refractivity contribution in [2.24, 2.45) is 7.05 Å². The van der Waals surface area contributed by atoms with Gasteiger partial charge in [0.25, 0.3) is 10.1 Å². The zero-order chi connectivity index (χ0) is 19.2. The van der Waals surface area contributed by atoms with Crippen LogP contribution in [0.1, 0.15) is 5.56 Å². The molecule has 27 heavy (non-hydrogen) atoms. The van der Waals surface area contributed by atoms with Gasteiger partial charge in [-0.2, -0.15) is 13.5 Å². The van der Waals surface area contributed by atoms with Gasteiger partial charge >= 0.3 is 0 Å². The van der Waals surface area contributed by atoms with Gasteiger partial charge in [-0.3, -0.25) is 19.0 Å². The first-order valence-corrected chi connectivity index (χ1v) is 9.71. The Labute approximate surface area is 154 Å². The fourth-order valence-electron chi connectivity index (χ4n) is 3.08. The molecule has 136 valence electrons. The van der Waals surface area contributed by atoms with Crippen LogP contribution in [0.2, 0.25) is 0 Å². The van der Waals surface area contributed by atoms with Crippen molar-refractivity contribution in [3.8, 4) is 11.1 Å². The van der Waals surface area contributed by atoms with E-state index >= 15 is 0 Å². The minimum Gasteiger partial charge on any atom is -0.289 e. The first-order chi connectivity index (χ1) is 12.8. The molecule has 1 N–H and O–H groups in total. The van der Waals surface area contributed by atoms with Gasteiger partial charge in [-0.25, -0.2) is 0 Å². The van der Waals surface area contributed by atoms with Crippen LogP contribution in [0, 0.1) is 0 Å². The average molecular weight is 381 g/mol. The van der Waals surface area contributed by atoms with E-state index in [4.69, 9.17) is 4.55 Å². The number of fused-ring (bicyclic) bond motifs is 2. The summed E-state index contributed by atoms with van der Waals surface area (Å²) >= 11 is 0. The number of aryl methyl sites for hydroxylation is 1. The van der Waals surface area contributed by atoms with E-state index in [2.05, 4.69) is 10.1 Å². The smallest absolute Gasteiger partial charge is 0.269 e. The molecule has 4 rings (SSSR count). The molecule has 0 atom stereocenters. The van der Waals surface area contributed by atoms with Crippen LogP contribution in [0.15, 0.2) is 59.8 Å². The maximum absolute atomic E-state index is 13.1. The van der Waals surface area contributed by atoms with E-state index in [1.807, 2.05) is 6.20 Å². The molecule has 2 aromatic carbocycles. The predicted molar refractivity (Wildman–Crippen MR) is 103 cm³/mol. The number of hydrogen-bond donors (Lipinski definition) is 1. The van der Waals surface area contributed by atoms with E-state index in [0.717, 1.165) is 11.1 Å². The van der Waals surface area contributed by atoms with Crippen LogP contribution in [0.4, 0.5) is 0 Å². The largest absolute Gasteiger partial charge is 0.289 e. The van der Waals surface area contributed by atoms with Crippen molar-refractivity contribution in [1.29, 1.82) is 0 Å². The third-order valence-corrected chi connectivity index (χ3v) is 5.03. The minimum atomic E-state index is -4.18. The van der Waals surface area contributed by atoms with Gasteiger partial charge < -0.3 is 0 Å². The molecule has 7 nitrogen and oxygen atoms in total. The Bertz CT molecular complexity index is 1360. The molecule has 4 aromatic rings. The highest BCUT2D eigenvalue weighted by atomic mass is 32.2. The molecule has 0 bridgehead atoms. The fourth-order valence-corrected chi connectivity index (χ4v) is 3.68. The van der Waals surface area contributed by atoms with Crippen LogP contribution in [-0.4, -0.2) is 27.7 Å². The lowest BCUT2D eigenvalue weighted by Gasteiger charge is -2.00. The molecule has 0 fully saturated rings. The second kappa shape index (κ2) is 6.26. The monoisotopic (exact) mass is 381 g/mol. The van der Waals surface area contributed by atoms with E-state index in [9.17, 15) is 13.2 Å². The summed E-state index contributed by atoms with van der Waals surface area (Å²) in [5, 5.41) is 5.60. The van der Waals surface area contributed by atoms with Crippen molar-refractivity contribution in [1.82, 2.24) is 14.8 Å². The zero-order valence-corrected chi connectivity index (χ0v) is 15.1. The van der Waals surface area contributed by atoms with Crippen molar-refractivity contribution in [3.63, 3.8) is 0 Å². The first kappa shape index (κ1) is 17.3. The van der Waals surface area contributed by atoms with Crippen LogP contribution >= 0.6 is 0 Å². The topological polar surface area (TPSA) is 102 Å². The van der Waals surface area contributed by atoms with E-state index in [0.29, 0.717) is 27.2 Å². The highest BCUT2D eigenvalue weighted by Crippen LogP contribution is 2.22. The third-order valence-electron chi connectivity index (χ3n) is 4.33. The van der Waals surface area contributed by atoms with Gasteiger partial charge in [-0.15, -0.1) is 0 Å². The van der Waals surface area contributed by atoms with E-state index in [1.165, 1.54) is 6.07 Å².